The molecule has 0 heterocycles. The van der Waals surface area contributed by atoms with Gasteiger partial charge in [-0.2, -0.15) is 0 Å². The fraction of sp³-hybridized carbons (Fsp3) is 0.657. The molecule has 0 spiro atoms. The summed E-state index contributed by atoms with van der Waals surface area (Å²) >= 11 is 0. The summed E-state index contributed by atoms with van der Waals surface area (Å²) in [5.74, 6) is -1.01. The number of esters is 3. The minimum atomic E-state index is -0.817. The average Bonchev–Trinajstić information content (AvgIpc) is 3.39. The quantitative estimate of drug-likeness (QED) is 0.0261. The minimum Gasteiger partial charge on any atom is -0.462 e. The summed E-state index contributed by atoms with van der Waals surface area (Å²) in [6.07, 6.45) is 83.6. The van der Waals surface area contributed by atoms with Crippen molar-refractivity contribution in [2.75, 3.05) is 13.2 Å². The molecule has 0 rings (SSSR count). The molecule has 0 aromatic rings. The summed E-state index contributed by atoms with van der Waals surface area (Å²) in [6, 6.07) is 0. The molecule has 73 heavy (non-hydrogen) atoms. The van der Waals surface area contributed by atoms with Crippen molar-refractivity contribution in [1.29, 1.82) is 0 Å². The Morgan fingerprint density at radius 2 is 0.562 bits per heavy atom. The Morgan fingerprint density at radius 3 is 0.918 bits per heavy atom. The fourth-order valence-electron chi connectivity index (χ4n) is 8.01. The van der Waals surface area contributed by atoms with E-state index in [2.05, 4.69) is 136 Å². The summed E-state index contributed by atoms with van der Waals surface area (Å²) in [5.41, 5.74) is 0. The molecule has 0 saturated heterocycles. The number of unbranched alkanes of at least 4 members (excludes halogenated alkanes) is 22. The highest BCUT2D eigenvalue weighted by Gasteiger charge is 2.19. The molecule has 6 heteroatoms. The van der Waals surface area contributed by atoms with Crippen molar-refractivity contribution in [2.45, 2.75) is 271 Å². The van der Waals surface area contributed by atoms with E-state index in [1.165, 1.54) is 103 Å². The molecule has 0 fully saturated rings. The van der Waals surface area contributed by atoms with Crippen LogP contribution in [0, 0.1) is 0 Å². The van der Waals surface area contributed by atoms with Crippen LogP contribution in [0.15, 0.2) is 122 Å². The van der Waals surface area contributed by atoms with Gasteiger partial charge in [-0.1, -0.05) is 251 Å². The summed E-state index contributed by atoms with van der Waals surface area (Å²) in [7, 11) is 0. The molecule has 0 saturated carbocycles. The van der Waals surface area contributed by atoms with Crippen LogP contribution in [-0.4, -0.2) is 37.2 Å². The van der Waals surface area contributed by atoms with Gasteiger partial charge in [-0.3, -0.25) is 14.4 Å². The highest BCUT2D eigenvalue weighted by Crippen LogP contribution is 2.15. The second kappa shape index (κ2) is 60.4. The maximum atomic E-state index is 12.8. The molecular weight excluding hydrogens is 901 g/mol. The van der Waals surface area contributed by atoms with Gasteiger partial charge >= 0.3 is 17.9 Å². The van der Waals surface area contributed by atoms with Crippen LogP contribution in [0.1, 0.15) is 265 Å². The van der Waals surface area contributed by atoms with Gasteiger partial charge in [-0.05, 0) is 116 Å². The molecule has 0 aliphatic rings. The van der Waals surface area contributed by atoms with Crippen LogP contribution in [0.2, 0.25) is 0 Å². The highest BCUT2D eigenvalue weighted by molar-refractivity contribution is 5.71. The Labute approximate surface area is 450 Å². The highest BCUT2D eigenvalue weighted by atomic mass is 16.6. The Balaban J connectivity index is 4.32. The van der Waals surface area contributed by atoms with E-state index in [-0.39, 0.29) is 37.5 Å². The van der Waals surface area contributed by atoms with E-state index < -0.39 is 6.10 Å². The predicted molar refractivity (Wildman–Crippen MR) is 316 cm³/mol. The fourth-order valence-corrected chi connectivity index (χ4v) is 8.01. The first-order chi connectivity index (χ1) is 36.0. The lowest BCUT2D eigenvalue weighted by atomic mass is 10.0. The third-order valence-electron chi connectivity index (χ3n) is 12.4. The normalized spacial score (nSPS) is 13.0. The molecule has 0 N–H and O–H groups in total. The standard InChI is InChI=1S/C67H110O6/c1-4-7-10-13-16-19-22-25-27-28-29-30-31-32-33-34-35-36-37-38-40-42-45-48-51-54-57-60-66(69)72-63-64(62-71-65(68)59-56-53-50-47-44-41-24-21-18-15-12-9-6-3)73-67(70)61-58-55-52-49-46-43-39-26-23-20-17-14-11-8-5-2/h7,9-10,12,16-21,25-27,29-30,39,41,44,50,53,64H,4-6,8,11,13-15,22-24,28,31-38,40,42-43,45-49,51-52,54-63H2,1-3H3/b10-7-,12-9-,19-16-,20-17-,21-18-,27-25-,30-29-,39-26-,44-41-,53-50-. The molecule has 414 valence electrons. The van der Waals surface area contributed by atoms with Crippen LogP contribution in [0.3, 0.4) is 0 Å². The predicted octanol–water partition coefficient (Wildman–Crippen LogP) is 20.4. The largest absolute Gasteiger partial charge is 0.462 e. The van der Waals surface area contributed by atoms with Crippen LogP contribution in [-0.2, 0) is 28.6 Å². The van der Waals surface area contributed by atoms with Crippen LogP contribution >= 0.6 is 0 Å². The van der Waals surface area contributed by atoms with E-state index in [0.717, 1.165) is 116 Å². The lowest BCUT2D eigenvalue weighted by Gasteiger charge is -2.18. The molecular formula is C67H110O6. The number of carbonyl (C=O) groups is 3. The van der Waals surface area contributed by atoms with Gasteiger partial charge in [0, 0.05) is 19.3 Å². The van der Waals surface area contributed by atoms with Gasteiger partial charge in [-0.15, -0.1) is 0 Å². The van der Waals surface area contributed by atoms with Crippen molar-refractivity contribution in [2.24, 2.45) is 0 Å². The van der Waals surface area contributed by atoms with Crippen LogP contribution in [0.5, 0.6) is 0 Å². The Kier molecular flexibility index (Phi) is 56.9. The van der Waals surface area contributed by atoms with Gasteiger partial charge in [0.2, 0.25) is 0 Å². The maximum absolute atomic E-state index is 12.8. The minimum absolute atomic E-state index is 0.108. The van der Waals surface area contributed by atoms with E-state index in [4.69, 9.17) is 14.2 Å². The molecule has 0 aliphatic heterocycles. The number of rotatable bonds is 53. The number of allylic oxidation sites excluding steroid dienone is 20. The molecule has 6 nitrogen and oxygen atoms in total. The summed E-state index contributed by atoms with van der Waals surface area (Å²) < 4.78 is 16.8. The lowest BCUT2D eigenvalue weighted by molar-refractivity contribution is -0.166. The summed E-state index contributed by atoms with van der Waals surface area (Å²) in [6.45, 7) is 6.31. The van der Waals surface area contributed by atoms with E-state index >= 15 is 0 Å². The number of ether oxygens (including phenoxy) is 3. The zero-order valence-corrected chi connectivity index (χ0v) is 47.4. The smallest absolute Gasteiger partial charge is 0.306 e. The number of hydrogen-bond acceptors (Lipinski definition) is 6. The monoisotopic (exact) mass is 1010 g/mol. The van der Waals surface area contributed by atoms with E-state index in [1.807, 2.05) is 6.08 Å². The SMILES string of the molecule is CC/C=C\C/C=C\C/C=C\C/C=C\CCCCCCCCCCCCCCCCC(=O)OCC(COC(=O)CC/C=C\C/C=C\C/C=C\C/C=C\CC)OC(=O)CCCCCCC/C=C\C/C=C\CCCCC. The number of carbonyl (C=O) groups excluding carboxylic acids is 3. The zero-order valence-electron chi connectivity index (χ0n) is 47.4. The van der Waals surface area contributed by atoms with Gasteiger partial charge in [0.1, 0.15) is 13.2 Å². The van der Waals surface area contributed by atoms with E-state index in [0.29, 0.717) is 19.3 Å². The van der Waals surface area contributed by atoms with Gasteiger partial charge in [0.15, 0.2) is 6.10 Å². The van der Waals surface area contributed by atoms with Crippen molar-refractivity contribution in [3.8, 4) is 0 Å². The average molecular weight is 1010 g/mol. The summed E-state index contributed by atoms with van der Waals surface area (Å²) in [5, 5.41) is 0. The molecule has 0 aliphatic carbocycles. The van der Waals surface area contributed by atoms with E-state index in [9.17, 15) is 14.4 Å². The molecule has 1 unspecified atom stereocenters. The van der Waals surface area contributed by atoms with Gasteiger partial charge < -0.3 is 14.2 Å². The molecule has 0 radical (unpaired) electrons. The molecule has 0 bridgehead atoms. The van der Waals surface area contributed by atoms with Crippen molar-refractivity contribution in [1.82, 2.24) is 0 Å². The second-order valence-electron chi connectivity index (χ2n) is 19.5. The molecule has 0 aromatic carbocycles. The topological polar surface area (TPSA) is 78.9 Å². The molecule has 0 amide bonds. The van der Waals surface area contributed by atoms with Crippen LogP contribution in [0.25, 0.3) is 0 Å². The molecule has 1 atom stereocenters. The first-order valence-electron chi connectivity index (χ1n) is 30.0. The maximum Gasteiger partial charge on any atom is 0.306 e. The first kappa shape index (κ1) is 68.8. The Hall–Kier alpha value is -4.19. The third kappa shape index (κ3) is 58.6. The molecule has 0 aromatic heterocycles. The van der Waals surface area contributed by atoms with Crippen molar-refractivity contribution in [3.63, 3.8) is 0 Å². The van der Waals surface area contributed by atoms with Crippen molar-refractivity contribution < 1.29 is 28.6 Å². The van der Waals surface area contributed by atoms with Gasteiger partial charge in [0.05, 0.1) is 0 Å². The zero-order chi connectivity index (χ0) is 52.9. The van der Waals surface area contributed by atoms with Crippen LogP contribution < -0.4 is 0 Å². The van der Waals surface area contributed by atoms with Crippen LogP contribution in [0.4, 0.5) is 0 Å². The van der Waals surface area contributed by atoms with E-state index in [1.54, 1.807) is 0 Å². The van der Waals surface area contributed by atoms with Gasteiger partial charge in [-0.25, -0.2) is 0 Å². The third-order valence-corrected chi connectivity index (χ3v) is 12.4. The van der Waals surface area contributed by atoms with Crippen molar-refractivity contribution >= 4 is 17.9 Å². The second-order valence-corrected chi connectivity index (χ2v) is 19.5. The van der Waals surface area contributed by atoms with Gasteiger partial charge in [0.25, 0.3) is 0 Å². The number of hydrogen-bond donors (Lipinski definition) is 0. The summed E-state index contributed by atoms with van der Waals surface area (Å²) in [4.78, 5) is 38.1. The van der Waals surface area contributed by atoms with Crippen molar-refractivity contribution in [3.05, 3.63) is 122 Å². The Morgan fingerprint density at radius 1 is 0.288 bits per heavy atom. The lowest BCUT2D eigenvalue weighted by Crippen LogP contribution is -2.30. The first-order valence-corrected chi connectivity index (χ1v) is 30.0. The Bertz CT molecular complexity index is 1540.